The SMILES string of the molecule is CCC1CN(C2CCSCC2)C(c2ccccc2)CN1. The number of thioether (sulfide) groups is 1. The molecule has 1 aromatic rings. The Labute approximate surface area is 127 Å². The Hall–Kier alpha value is -0.510. The van der Waals surface area contributed by atoms with Gasteiger partial charge in [0.1, 0.15) is 0 Å². The van der Waals surface area contributed by atoms with Crippen LogP contribution in [0.15, 0.2) is 30.3 Å². The molecule has 2 nitrogen and oxygen atoms in total. The quantitative estimate of drug-likeness (QED) is 0.919. The van der Waals surface area contributed by atoms with Crippen LogP contribution in [0.25, 0.3) is 0 Å². The molecule has 2 atom stereocenters. The molecule has 110 valence electrons. The van der Waals surface area contributed by atoms with E-state index in [4.69, 9.17) is 0 Å². The van der Waals surface area contributed by atoms with Crippen LogP contribution in [0.5, 0.6) is 0 Å². The average Bonchev–Trinajstić information content (AvgIpc) is 2.56. The maximum Gasteiger partial charge on any atom is 0.0476 e. The highest BCUT2D eigenvalue weighted by molar-refractivity contribution is 7.99. The van der Waals surface area contributed by atoms with Gasteiger partial charge in [-0.3, -0.25) is 4.90 Å². The fourth-order valence-electron chi connectivity index (χ4n) is 3.52. The summed E-state index contributed by atoms with van der Waals surface area (Å²) in [6.07, 6.45) is 3.97. The first-order valence-corrected chi connectivity index (χ1v) is 9.15. The van der Waals surface area contributed by atoms with Crippen molar-refractivity contribution < 1.29 is 0 Å². The summed E-state index contributed by atoms with van der Waals surface area (Å²) in [5.41, 5.74) is 1.48. The van der Waals surface area contributed by atoms with Gasteiger partial charge >= 0.3 is 0 Å². The Morgan fingerprint density at radius 2 is 1.95 bits per heavy atom. The van der Waals surface area contributed by atoms with E-state index in [1.165, 1.54) is 42.9 Å². The zero-order valence-electron chi connectivity index (χ0n) is 12.4. The van der Waals surface area contributed by atoms with E-state index in [1.807, 2.05) is 0 Å². The monoisotopic (exact) mass is 290 g/mol. The molecule has 3 rings (SSSR count). The fraction of sp³-hybridized carbons (Fsp3) is 0.647. The maximum atomic E-state index is 3.74. The molecule has 0 aromatic heterocycles. The Morgan fingerprint density at radius 1 is 1.20 bits per heavy atom. The highest BCUT2D eigenvalue weighted by Crippen LogP contribution is 2.31. The smallest absolute Gasteiger partial charge is 0.0476 e. The predicted octanol–water partition coefficient (Wildman–Crippen LogP) is 3.31. The number of hydrogen-bond donors (Lipinski definition) is 1. The number of rotatable bonds is 3. The molecular formula is C17H26N2S. The van der Waals surface area contributed by atoms with Gasteiger partial charge < -0.3 is 5.32 Å². The first-order chi connectivity index (χ1) is 9.88. The van der Waals surface area contributed by atoms with Crippen molar-refractivity contribution >= 4 is 11.8 Å². The highest BCUT2D eigenvalue weighted by atomic mass is 32.2. The summed E-state index contributed by atoms with van der Waals surface area (Å²) in [5, 5.41) is 3.74. The second kappa shape index (κ2) is 6.97. The van der Waals surface area contributed by atoms with Crippen LogP contribution in [0.4, 0.5) is 0 Å². The van der Waals surface area contributed by atoms with Crippen LogP contribution < -0.4 is 5.32 Å². The van der Waals surface area contributed by atoms with E-state index >= 15 is 0 Å². The maximum absolute atomic E-state index is 3.74. The number of nitrogens with zero attached hydrogens (tertiary/aromatic N) is 1. The van der Waals surface area contributed by atoms with Gasteiger partial charge in [0.25, 0.3) is 0 Å². The number of nitrogens with one attached hydrogen (secondary N) is 1. The van der Waals surface area contributed by atoms with E-state index in [2.05, 4.69) is 59.2 Å². The molecule has 1 aromatic carbocycles. The van der Waals surface area contributed by atoms with Gasteiger partial charge in [-0.05, 0) is 36.3 Å². The second-order valence-corrected chi connectivity index (χ2v) is 7.20. The highest BCUT2D eigenvalue weighted by Gasteiger charge is 2.33. The van der Waals surface area contributed by atoms with E-state index in [-0.39, 0.29) is 0 Å². The fourth-order valence-corrected chi connectivity index (χ4v) is 4.60. The van der Waals surface area contributed by atoms with Crippen molar-refractivity contribution in [2.75, 3.05) is 24.6 Å². The van der Waals surface area contributed by atoms with Gasteiger partial charge in [0.15, 0.2) is 0 Å². The molecule has 0 amide bonds. The minimum absolute atomic E-state index is 0.562. The van der Waals surface area contributed by atoms with Gasteiger partial charge in [-0.2, -0.15) is 11.8 Å². The van der Waals surface area contributed by atoms with Crippen LogP contribution in [0.3, 0.4) is 0 Å². The second-order valence-electron chi connectivity index (χ2n) is 5.98. The van der Waals surface area contributed by atoms with E-state index in [0.717, 1.165) is 12.6 Å². The van der Waals surface area contributed by atoms with Gasteiger partial charge in [0, 0.05) is 31.2 Å². The zero-order chi connectivity index (χ0) is 13.8. The first kappa shape index (κ1) is 14.4. The third-order valence-electron chi connectivity index (χ3n) is 4.77. The van der Waals surface area contributed by atoms with Gasteiger partial charge in [0.2, 0.25) is 0 Å². The molecule has 2 aliphatic rings. The molecule has 2 heterocycles. The zero-order valence-corrected chi connectivity index (χ0v) is 13.2. The Kier molecular flexibility index (Phi) is 5.03. The number of benzene rings is 1. The third kappa shape index (κ3) is 3.21. The Balaban J connectivity index is 1.79. The standard InChI is InChI=1S/C17H26N2S/c1-2-15-13-19(16-8-10-20-11-9-16)17(12-18-15)14-6-4-3-5-7-14/h3-7,15-18H,2,8-13H2,1H3. The number of hydrogen-bond acceptors (Lipinski definition) is 3. The van der Waals surface area contributed by atoms with Crippen LogP contribution in [-0.4, -0.2) is 41.6 Å². The van der Waals surface area contributed by atoms with Gasteiger partial charge in [-0.1, -0.05) is 37.3 Å². The number of piperazine rings is 1. The third-order valence-corrected chi connectivity index (χ3v) is 5.82. The van der Waals surface area contributed by atoms with Crippen LogP contribution in [-0.2, 0) is 0 Å². The lowest BCUT2D eigenvalue weighted by atomic mass is 9.96. The molecule has 0 aliphatic carbocycles. The Bertz CT molecular complexity index is 403. The van der Waals surface area contributed by atoms with E-state index < -0.39 is 0 Å². The lowest BCUT2D eigenvalue weighted by Gasteiger charge is -2.46. The summed E-state index contributed by atoms with van der Waals surface area (Å²) in [6.45, 7) is 4.62. The van der Waals surface area contributed by atoms with E-state index in [0.29, 0.717) is 12.1 Å². The van der Waals surface area contributed by atoms with Crippen LogP contribution in [0.1, 0.15) is 37.8 Å². The molecule has 0 saturated carbocycles. The van der Waals surface area contributed by atoms with Crippen molar-refractivity contribution in [3.05, 3.63) is 35.9 Å². The van der Waals surface area contributed by atoms with Crippen LogP contribution >= 0.6 is 11.8 Å². The summed E-state index contributed by atoms with van der Waals surface area (Å²) in [4.78, 5) is 2.81. The summed E-state index contributed by atoms with van der Waals surface area (Å²) in [6, 6.07) is 13.1. The molecule has 3 heteroatoms. The van der Waals surface area contributed by atoms with E-state index in [1.54, 1.807) is 0 Å². The summed E-state index contributed by atoms with van der Waals surface area (Å²) >= 11 is 2.12. The van der Waals surface area contributed by atoms with Gasteiger partial charge in [-0.25, -0.2) is 0 Å². The molecule has 0 bridgehead atoms. The molecule has 1 N–H and O–H groups in total. The van der Waals surface area contributed by atoms with Crippen LogP contribution in [0, 0.1) is 0 Å². The molecular weight excluding hydrogens is 264 g/mol. The van der Waals surface area contributed by atoms with Crippen molar-refractivity contribution in [1.29, 1.82) is 0 Å². The minimum Gasteiger partial charge on any atom is -0.311 e. The lowest BCUT2D eigenvalue weighted by molar-refractivity contribution is 0.0749. The molecule has 2 fully saturated rings. The predicted molar refractivity (Wildman–Crippen MR) is 88.3 cm³/mol. The molecule has 20 heavy (non-hydrogen) atoms. The average molecular weight is 290 g/mol. The van der Waals surface area contributed by atoms with E-state index in [9.17, 15) is 0 Å². The normalized spacial score (nSPS) is 29.4. The molecule has 2 unspecified atom stereocenters. The van der Waals surface area contributed by atoms with Crippen molar-refractivity contribution in [3.63, 3.8) is 0 Å². The van der Waals surface area contributed by atoms with Gasteiger partial charge in [0.05, 0.1) is 0 Å². The largest absolute Gasteiger partial charge is 0.311 e. The van der Waals surface area contributed by atoms with Gasteiger partial charge in [-0.15, -0.1) is 0 Å². The molecule has 0 radical (unpaired) electrons. The molecule has 2 aliphatic heterocycles. The van der Waals surface area contributed by atoms with Crippen LogP contribution in [0.2, 0.25) is 0 Å². The summed E-state index contributed by atoms with van der Waals surface area (Å²) in [5.74, 6) is 2.68. The molecule has 0 spiro atoms. The summed E-state index contributed by atoms with van der Waals surface area (Å²) in [7, 11) is 0. The van der Waals surface area contributed by atoms with Crippen molar-refractivity contribution in [2.45, 2.75) is 44.3 Å². The Morgan fingerprint density at radius 3 is 2.65 bits per heavy atom. The first-order valence-electron chi connectivity index (χ1n) is 8.00. The van der Waals surface area contributed by atoms with Crippen molar-refractivity contribution in [2.24, 2.45) is 0 Å². The topological polar surface area (TPSA) is 15.3 Å². The van der Waals surface area contributed by atoms with Crippen molar-refractivity contribution in [3.8, 4) is 0 Å². The molecule has 2 saturated heterocycles. The van der Waals surface area contributed by atoms with Crippen molar-refractivity contribution in [1.82, 2.24) is 10.2 Å². The minimum atomic E-state index is 0.562. The summed E-state index contributed by atoms with van der Waals surface area (Å²) < 4.78 is 0. The lowest BCUT2D eigenvalue weighted by Crippen LogP contribution is -2.55.